The van der Waals surface area contributed by atoms with E-state index < -0.39 is 6.10 Å². The van der Waals surface area contributed by atoms with E-state index in [9.17, 15) is 9.90 Å². The highest BCUT2D eigenvalue weighted by molar-refractivity contribution is 5.87. The van der Waals surface area contributed by atoms with Crippen LogP contribution < -0.4 is 10.3 Å². The number of aliphatic hydroxyl groups is 1. The number of aliphatic hydroxyl groups excluding tert-OH is 1. The van der Waals surface area contributed by atoms with Crippen molar-refractivity contribution in [3.05, 3.63) is 112 Å². The van der Waals surface area contributed by atoms with Gasteiger partial charge in [0.05, 0.1) is 11.6 Å². The number of pyridine rings is 1. The molecule has 1 atom stereocenters. The lowest BCUT2D eigenvalue weighted by atomic mass is 10.0. The fourth-order valence-corrected chi connectivity index (χ4v) is 4.71. The summed E-state index contributed by atoms with van der Waals surface area (Å²) in [4.78, 5) is 19.8. The number of hydrogen-bond donors (Lipinski definition) is 2. The molecule has 2 N–H and O–H groups in total. The third kappa shape index (κ3) is 5.80. The van der Waals surface area contributed by atoms with E-state index in [0.717, 1.165) is 49.2 Å². The van der Waals surface area contributed by atoms with Crippen molar-refractivity contribution < 1.29 is 9.84 Å². The molecule has 35 heavy (non-hydrogen) atoms. The lowest BCUT2D eigenvalue weighted by Gasteiger charge is -2.35. The summed E-state index contributed by atoms with van der Waals surface area (Å²) in [7, 11) is 0. The predicted octanol–water partition coefficient (Wildman–Crippen LogP) is 3.96. The van der Waals surface area contributed by atoms with Gasteiger partial charge in [-0.05, 0) is 28.8 Å². The summed E-state index contributed by atoms with van der Waals surface area (Å²) >= 11 is 0. The number of H-pyrrole nitrogens is 1. The quantitative estimate of drug-likeness (QED) is 0.409. The highest BCUT2D eigenvalue weighted by Crippen LogP contribution is 2.31. The van der Waals surface area contributed by atoms with Crippen LogP contribution in [-0.4, -0.2) is 52.6 Å². The molecule has 4 aromatic rings. The monoisotopic (exact) mass is 469 g/mol. The van der Waals surface area contributed by atoms with Crippen LogP contribution in [-0.2, 0) is 13.2 Å². The number of fused-ring (bicyclic) bond motifs is 1. The van der Waals surface area contributed by atoms with Gasteiger partial charge in [0.25, 0.3) is 0 Å². The summed E-state index contributed by atoms with van der Waals surface area (Å²) in [6, 6.07) is 27.5. The number of β-amino-alcohol motifs (C(OH)–C–C–N with tert-alkyl or cyclic N) is 1. The molecule has 1 aliphatic rings. The maximum atomic E-state index is 12.1. The average Bonchev–Trinajstić information content (AvgIpc) is 2.89. The Balaban J connectivity index is 1.26. The second kappa shape index (κ2) is 10.9. The van der Waals surface area contributed by atoms with Gasteiger partial charge in [-0.3, -0.25) is 14.6 Å². The van der Waals surface area contributed by atoms with Crippen molar-refractivity contribution in [3.63, 3.8) is 0 Å². The van der Waals surface area contributed by atoms with Gasteiger partial charge in [0, 0.05) is 50.7 Å². The summed E-state index contributed by atoms with van der Waals surface area (Å²) in [6.45, 7) is 5.69. The molecule has 0 bridgehead atoms. The number of nitrogens with one attached hydrogen (secondary N) is 1. The number of rotatable bonds is 8. The summed E-state index contributed by atoms with van der Waals surface area (Å²) in [5.41, 5.74) is 3.61. The number of aromatic nitrogens is 1. The van der Waals surface area contributed by atoms with Crippen LogP contribution in [0.15, 0.2) is 89.7 Å². The Bertz CT molecular complexity index is 1300. The summed E-state index contributed by atoms with van der Waals surface area (Å²) in [5.74, 6) is 0.604. The highest BCUT2D eigenvalue weighted by Gasteiger charge is 2.22. The van der Waals surface area contributed by atoms with Crippen molar-refractivity contribution in [2.24, 2.45) is 0 Å². The van der Waals surface area contributed by atoms with Crippen LogP contribution in [0.3, 0.4) is 0 Å². The normalized spacial score (nSPS) is 15.8. The van der Waals surface area contributed by atoms with E-state index >= 15 is 0 Å². The van der Waals surface area contributed by atoms with Crippen molar-refractivity contribution in [3.8, 4) is 5.75 Å². The summed E-state index contributed by atoms with van der Waals surface area (Å²) < 4.78 is 6.04. The van der Waals surface area contributed by atoms with Crippen molar-refractivity contribution in [1.82, 2.24) is 14.8 Å². The predicted molar refractivity (Wildman–Crippen MR) is 138 cm³/mol. The van der Waals surface area contributed by atoms with Crippen molar-refractivity contribution in [1.29, 1.82) is 0 Å². The molecular weight excluding hydrogens is 438 g/mol. The van der Waals surface area contributed by atoms with Crippen LogP contribution in [0.5, 0.6) is 5.75 Å². The van der Waals surface area contributed by atoms with E-state index in [1.54, 1.807) is 6.07 Å². The number of nitrogens with zero attached hydrogens (tertiary/aromatic N) is 2. The molecule has 3 aromatic carbocycles. The van der Waals surface area contributed by atoms with E-state index in [2.05, 4.69) is 39.0 Å². The Morgan fingerprint density at radius 1 is 0.800 bits per heavy atom. The molecule has 1 saturated heterocycles. The van der Waals surface area contributed by atoms with Crippen LogP contribution in [0.4, 0.5) is 0 Å². The minimum Gasteiger partial charge on any atom is -0.487 e. The van der Waals surface area contributed by atoms with Crippen LogP contribution in [0, 0.1) is 0 Å². The van der Waals surface area contributed by atoms with Crippen LogP contribution in [0.1, 0.15) is 22.8 Å². The van der Waals surface area contributed by atoms with Gasteiger partial charge in [-0.1, -0.05) is 66.7 Å². The van der Waals surface area contributed by atoms with E-state index in [-0.39, 0.29) is 5.56 Å². The van der Waals surface area contributed by atoms with Crippen molar-refractivity contribution in [2.75, 3.05) is 32.7 Å². The Kier molecular flexibility index (Phi) is 7.23. The van der Waals surface area contributed by atoms with E-state index in [4.69, 9.17) is 4.74 Å². The first kappa shape index (κ1) is 23.3. The molecule has 6 nitrogen and oxygen atoms in total. The van der Waals surface area contributed by atoms with Gasteiger partial charge < -0.3 is 14.8 Å². The van der Waals surface area contributed by atoms with Gasteiger partial charge in [-0.25, -0.2) is 0 Å². The Morgan fingerprint density at radius 3 is 2.17 bits per heavy atom. The standard InChI is InChI=1S/C29H31N3O3/c33-26(20-32-17-15-31(16-18-32)19-22-7-3-1-4-8-22)24-11-13-27(29-25(24)12-14-28(34)30-29)35-21-23-9-5-2-6-10-23/h1-14,26,33H,15-21H2,(H,30,34)/t26-/m0/s1. The Morgan fingerprint density at radius 2 is 1.46 bits per heavy atom. The molecule has 0 saturated carbocycles. The molecule has 2 heterocycles. The molecular formula is C29H31N3O3. The SMILES string of the molecule is O=c1ccc2c([C@@H](O)CN3CCN(Cc4ccccc4)CC3)ccc(OCc3ccccc3)c2[nH]1. The molecule has 180 valence electrons. The first-order valence-electron chi connectivity index (χ1n) is 12.1. The molecule has 0 aliphatic carbocycles. The summed E-state index contributed by atoms with van der Waals surface area (Å²) in [6.07, 6.45) is -0.660. The van der Waals surface area contributed by atoms with Crippen LogP contribution in [0.25, 0.3) is 10.9 Å². The Hall–Kier alpha value is -3.45. The van der Waals surface area contributed by atoms with Gasteiger partial charge in [-0.2, -0.15) is 0 Å². The molecule has 0 radical (unpaired) electrons. The zero-order chi connectivity index (χ0) is 24.0. The third-order valence-electron chi connectivity index (χ3n) is 6.63. The maximum absolute atomic E-state index is 12.1. The van der Waals surface area contributed by atoms with Gasteiger partial charge in [-0.15, -0.1) is 0 Å². The molecule has 6 heteroatoms. The molecule has 5 rings (SSSR count). The lowest BCUT2D eigenvalue weighted by Crippen LogP contribution is -2.47. The number of aromatic amines is 1. The zero-order valence-corrected chi connectivity index (χ0v) is 19.8. The second-order valence-corrected chi connectivity index (χ2v) is 9.12. The lowest BCUT2D eigenvalue weighted by molar-refractivity contribution is 0.0707. The zero-order valence-electron chi connectivity index (χ0n) is 19.8. The first-order chi connectivity index (χ1) is 17.2. The molecule has 1 aliphatic heterocycles. The number of hydrogen-bond acceptors (Lipinski definition) is 5. The van der Waals surface area contributed by atoms with E-state index in [1.807, 2.05) is 48.5 Å². The summed E-state index contributed by atoms with van der Waals surface area (Å²) in [5, 5.41) is 12.0. The highest BCUT2D eigenvalue weighted by atomic mass is 16.5. The smallest absolute Gasteiger partial charge is 0.248 e. The fraction of sp³-hybridized carbons (Fsp3) is 0.276. The van der Waals surface area contributed by atoms with Crippen molar-refractivity contribution >= 4 is 10.9 Å². The number of benzene rings is 3. The molecule has 0 unspecified atom stereocenters. The minimum atomic E-state index is -0.660. The first-order valence-corrected chi connectivity index (χ1v) is 12.1. The number of ether oxygens (including phenoxy) is 1. The van der Waals surface area contributed by atoms with Gasteiger partial charge in [0.1, 0.15) is 12.4 Å². The maximum Gasteiger partial charge on any atom is 0.248 e. The van der Waals surface area contributed by atoms with Gasteiger partial charge in [0.15, 0.2) is 0 Å². The molecule has 1 aromatic heterocycles. The second-order valence-electron chi connectivity index (χ2n) is 9.12. The number of piperazine rings is 1. The van der Waals surface area contributed by atoms with Gasteiger partial charge >= 0.3 is 0 Å². The van der Waals surface area contributed by atoms with Crippen molar-refractivity contribution in [2.45, 2.75) is 19.3 Å². The molecule has 0 amide bonds. The topological polar surface area (TPSA) is 68.8 Å². The average molecular weight is 470 g/mol. The Labute approximate surface area is 205 Å². The van der Waals surface area contributed by atoms with E-state index in [1.165, 1.54) is 11.6 Å². The van der Waals surface area contributed by atoms with Crippen LogP contribution in [0.2, 0.25) is 0 Å². The van der Waals surface area contributed by atoms with E-state index in [0.29, 0.717) is 24.4 Å². The van der Waals surface area contributed by atoms with Crippen LogP contribution >= 0.6 is 0 Å². The molecule has 1 fully saturated rings. The molecule has 0 spiro atoms. The largest absolute Gasteiger partial charge is 0.487 e. The minimum absolute atomic E-state index is 0.191. The van der Waals surface area contributed by atoms with Gasteiger partial charge in [0.2, 0.25) is 5.56 Å². The third-order valence-corrected chi connectivity index (χ3v) is 6.63. The fourth-order valence-electron chi connectivity index (χ4n) is 4.71.